The molecule has 1 fully saturated rings. The van der Waals surface area contributed by atoms with Crippen molar-refractivity contribution in [2.75, 3.05) is 0 Å². The molecule has 0 heterocycles. The summed E-state index contributed by atoms with van der Waals surface area (Å²) in [5.41, 5.74) is 3.97. The zero-order chi connectivity index (χ0) is 20.9. The van der Waals surface area contributed by atoms with E-state index in [1.54, 1.807) is 0 Å². The Morgan fingerprint density at radius 3 is 2.37 bits per heavy atom. The summed E-state index contributed by atoms with van der Waals surface area (Å²) in [5, 5.41) is 1.61. The number of aryl methyl sites for hydroxylation is 2. The van der Waals surface area contributed by atoms with Gasteiger partial charge in [-0.2, -0.15) is 0 Å². The Morgan fingerprint density at radius 2 is 1.63 bits per heavy atom. The van der Waals surface area contributed by atoms with Crippen LogP contribution in [0.25, 0.3) is 10.8 Å². The summed E-state index contributed by atoms with van der Waals surface area (Å²) in [5.74, 6) is 7.73. The zero-order valence-corrected chi connectivity index (χ0v) is 17.8. The second-order valence-electron chi connectivity index (χ2n) is 8.65. The minimum Gasteiger partial charge on any atom is -0.206 e. The van der Waals surface area contributed by atoms with E-state index in [0.29, 0.717) is 11.3 Å². The Kier molecular flexibility index (Phi) is 6.34. The maximum absolute atomic E-state index is 15.1. The summed E-state index contributed by atoms with van der Waals surface area (Å²) in [4.78, 5) is 0. The molecule has 1 heteroatoms. The topological polar surface area (TPSA) is 0 Å². The van der Waals surface area contributed by atoms with Gasteiger partial charge in [-0.1, -0.05) is 53.8 Å². The minimum atomic E-state index is -0.0645. The van der Waals surface area contributed by atoms with E-state index in [2.05, 4.69) is 43.6 Å². The number of benzene rings is 3. The molecule has 152 valence electrons. The molecule has 0 saturated heterocycles. The second-order valence-corrected chi connectivity index (χ2v) is 8.65. The van der Waals surface area contributed by atoms with Crippen LogP contribution in [0.3, 0.4) is 0 Å². The van der Waals surface area contributed by atoms with Gasteiger partial charge in [0, 0.05) is 16.5 Å². The first-order valence-corrected chi connectivity index (χ1v) is 11.0. The highest BCUT2D eigenvalue weighted by atomic mass is 19.1. The first kappa shape index (κ1) is 20.4. The molecule has 1 saturated carbocycles. The number of hydrogen-bond donors (Lipinski definition) is 0. The molecular formula is C29H29F. The molecule has 0 bridgehead atoms. The minimum absolute atomic E-state index is 0.0645. The van der Waals surface area contributed by atoms with Crippen LogP contribution in [0.1, 0.15) is 54.4 Å². The number of halogens is 1. The first-order chi connectivity index (χ1) is 14.6. The van der Waals surface area contributed by atoms with Gasteiger partial charge in [-0.05, 0) is 92.5 Å². The van der Waals surface area contributed by atoms with Gasteiger partial charge in [0.05, 0.1) is 0 Å². The summed E-state index contributed by atoms with van der Waals surface area (Å²) in [6.07, 6.45) is 8.95. The SMILES string of the molecule is C=CC1CCC(CCc2ccc3cc(C#Cc4ccc(C)cc4)ccc3c2F)CC1. The van der Waals surface area contributed by atoms with Gasteiger partial charge >= 0.3 is 0 Å². The van der Waals surface area contributed by atoms with Crippen LogP contribution >= 0.6 is 0 Å². The molecule has 0 aliphatic heterocycles. The van der Waals surface area contributed by atoms with Crippen molar-refractivity contribution in [3.8, 4) is 11.8 Å². The Balaban J connectivity index is 1.46. The van der Waals surface area contributed by atoms with Crippen molar-refractivity contribution in [3.63, 3.8) is 0 Å². The average Bonchev–Trinajstić information content (AvgIpc) is 2.78. The Hall–Kier alpha value is -2.85. The maximum atomic E-state index is 15.1. The smallest absolute Gasteiger partial charge is 0.134 e. The highest BCUT2D eigenvalue weighted by molar-refractivity contribution is 5.85. The molecule has 1 aliphatic carbocycles. The van der Waals surface area contributed by atoms with E-state index in [4.69, 9.17) is 0 Å². The van der Waals surface area contributed by atoms with Gasteiger partial charge in [0.2, 0.25) is 0 Å². The average molecular weight is 397 g/mol. The quantitative estimate of drug-likeness (QED) is 0.314. The van der Waals surface area contributed by atoms with Gasteiger partial charge in [0.15, 0.2) is 0 Å². The highest BCUT2D eigenvalue weighted by Crippen LogP contribution is 2.33. The number of fused-ring (bicyclic) bond motifs is 1. The lowest BCUT2D eigenvalue weighted by molar-refractivity contribution is 0.295. The maximum Gasteiger partial charge on any atom is 0.134 e. The summed E-state index contributed by atoms with van der Waals surface area (Å²) in [7, 11) is 0. The van der Waals surface area contributed by atoms with Gasteiger partial charge in [-0.25, -0.2) is 4.39 Å². The van der Waals surface area contributed by atoms with E-state index in [1.165, 1.54) is 31.2 Å². The lowest BCUT2D eigenvalue weighted by atomic mass is 9.79. The van der Waals surface area contributed by atoms with Crippen LogP contribution in [0.15, 0.2) is 67.3 Å². The number of hydrogen-bond acceptors (Lipinski definition) is 0. The summed E-state index contributed by atoms with van der Waals surface area (Å²) in [6, 6.07) is 18.0. The summed E-state index contributed by atoms with van der Waals surface area (Å²) >= 11 is 0. The third-order valence-electron chi connectivity index (χ3n) is 6.48. The van der Waals surface area contributed by atoms with Crippen molar-refractivity contribution < 1.29 is 4.39 Å². The van der Waals surface area contributed by atoms with Gasteiger partial charge < -0.3 is 0 Å². The van der Waals surface area contributed by atoms with E-state index >= 15 is 4.39 Å². The fourth-order valence-corrected chi connectivity index (χ4v) is 4.46. The van der Waals surface area contributed by atoms with Crippen LogP contribution in [0.2, 0.25) is 0 Å². The van der Waals surface area contributed by atoms with E-state index in [9.17, 15) is 0 Å². The molecule has 30 heavy (non-hydrogen) atoms. The lowest BCUT2D eigenvalue weighted by Crippen LogP contribution is -2.13. The molecule has 0 N–H and O–H groups in total. The molecular weight excluding hydrogens is 367 g/mol. The van der Waals surface area contributed by atoms with E-state index < -0.39 is 0 Å². The van der Waals surface area contributed by atoms with Crippen LogP contribution in [0.5, 0.6) is 0 Å². The third-order valence-corrected chi connectivity index (χ3v) is 6.48. The second kappa shape index (κ2) is 9.31. The molecule has 0 nitrogen and oxygen atoms in total. The molecule has 0 radical (unpaired) electrons. The normalized spacial score (nSPS) is 18.6. The van der Waals surface area contributed by atoms with Crippen molar-refractivity contribution in [1.29, 1.82) is 0 Å². The van der Waals surface area contributed by atoms with Crippen LogP contribution in [0.4, 0.5) is 4.39 Å². The van der Waals surface area contributed by atoms with Gasteiger partial charge in [0.25, 0.3) is 0 Å². The van der Waals surface area contributed by atoms with Gasteiger partial charge in [0.1, 0.15) is 5.82 Å². The predicted octanol–water partition coefficient (Wildman–Crippen LogP) is 7.61. The van der Waals surface area contributed by atoms with Crippen molar-refractivity contribution in [2.24, 2.45) is 11.8 Å². The summed E-state index contributed by atoms with van der Waals surface area (Å²) in [6.45, 7) is 5.99. The molecule has 4 rings (SSSR count). The van der Waals surface area contributed by atoms with Crippen molar-refractivity contribution >= 4 is 10.8 Å². The van der Waals surface area contributed by atoms with Crippen molar-refractivity contribution in [1.82, 2.24) is 0 Å². The van der Waals surface area contributed by atoms with Crippen LogP contribution in [-0.2, 0) is 6.42 Å². The van der Waals surface area contributed by atoms with Crippen LogP contribution in [-0.4, -0.2) is 0 Å². The van der Waals surface area contributed by atoms with Crippen molar-refractivity contribution in [3.05, 3.63) is 95.3 Å². The Morgan fingerprint density at radius 1 is 0.933 bits per heavy atom. The third kappa shape index (κ3) is 4.82. The lowest BCUT2D eigenvalue weighted by Gasteiger charge is -2.26. The molecule has 0 atom stereocenters. The molecule has 0 spiro atoms. The molecule has 3 aromatic carbocycles. The van der Waals surface area contributed by atoms with Gasteiger partial charge in [-0.3, -0.25) is 0 Å². The Labute approximate surface area is 179 Å². The molecule has 0 amide bonds. The fraction of sp³-hybridized carbons (Fsp3) is 0.310. The van der Waals surface area contributed by atoms with E-state index in [-0.39, 0.29) is 5.82 Å². The molecule has 0 unspecified atom stereocenters. The van der Waals surface area contributed by atoms with Crippen LogP contribution < -0.4 is 0 Å². The molecule has 0 aromatic heterocycles. The molecule has 3 aromatic rings. The van der Waals surface area contributed by atoms with E-state index in [1.807, 2.05) is 42.5 Å². The first-order valence-electron chi connectivity index (χ1n) is 11.0. The van der Waals surface area contributed by atoms with Crippen LogP contribution in [0, 0.1) is 36.4 Å². The summed E-state index contributed by atoms with van der Waals surface area (Å²) < 4.78 is 15.1. The Bertz CT molecular complexity index is 1090. The fourth-order valence-electron chi connectivity index (χ4n) is 4.46. The molecule has 1 aliphatic rings. The standard InChI is InChI=1S/C29H29F/c1-3-22-8-10-24(11-9-22)14-16-26-17-18-27-20-25(15-19-28(27)29(26)30)13-12-23-6-4-21(2)5-7-23/h3-7,15,17-20,22,24H,1,8-11,14,16H2,2H3. The monoisotopic (exact) mass is 396 g/mol. The van der Waals surface area contributed by atoms with E-state index in [0.717, 1.165) is 40.8 Å². The van der Waals surface area contributed by atoms with Gasteiger partial charge in [-0.15, -0.1) is 6.58 Å². The number of allylic oxidation sites excluding steroid dienone is 1. The highest BCUT2D eigenvalue weighted by Gasteiger charge is 2.19. The zero-order valence-electron chi connectivity index (χ0n) is 17.8. The van der Waals surface area contributed by atoms with Crippen molar-refractivity contribution in [2.45, 2.75) is 45.4 Å². The number of rotatable bonds is 4. The largest absolute Gasteiger partial charge is 0.206 e. The predicted molar refractivity (Wildman–Crippen MR) is 125 cm³/mol.